The van der Waals surface area contributed by atoms with Gasteiger partial charge >= 0.3 is 5.00 Å². The van der Waals surface area contributed by atoms with Crippen molar-refractivity contribution >= 4 is 22.2 Å². The summed E-state index contributed by atoms with van der Waals surface area (Å²) in [4.78, 5) is 21.9. The number of nitro groups is 1. The molecule has 1 heterocycles. The van der Waals surface area contributed by atoms with Crippen molar-refractivity contribution in [2.24, 2.45) is 5.73 Å². The number of hydrogen-bond acceptors (Lipinski definition) is 5. The molecule has 3 N–H and O–H groups in total. The molecule has 1 aromatic carbocycles. The fourth-order valence-corrected chi connectivity index (χ4v) is 2.32. The third kappa shape index (κ3) is 3.40. The predicted octanol–water partition coefficient (Wildman–Crippen LogP) is 2.04. The number of nitrogens with zero attached hydrogens (tertiary/aromatic N) is 1. The van der Waals surface area contributed by atoms with Crippen LogP contribution in [0.3, 0.4) is 0 Å². The zero-order valence-corrected chi connectivity index (χ0v) is 11.4. The van der Waals surface area contributed by atoms with E-state index in [4.69, 9.17) is 5.73 Å². The van der Waals surface area contributed by atoms with Crippen molar-refractivity contribution in [3.8, 4) is 0 Å². The van der Waals surface area contributed by atoms with Crippen molar-refractivity contribution < 1.29 is 9.72 Å². The summed E-state index contributed by atoms with van der Waals surface area (Å²) < 4.78 is 0. The summed E-state index contributed by atoms with van der Waals surface area (Å²) in [5, 5.41) is 14.7. The SMILES string of the molecule is NCc1ccc(CNC(=O)c2csc([N+](=O)[O-])c2)cc1. The Bertz CT molecular complexity index is 622. The van der Waals surface area contributed by atoms with E-state index in [1.807, 2.05) is 24.3 Å². The summed E-state index contributed by atoms with van der Waals surface area (Å²) in [6.45, 7) is 0.846. The van der Waals surface area contributed by atoms with Crippen molar-refractivity contribution in [1.82, 2.24) is 5.32 Å². The summed E-state index contributed by atoms with van der Waals surface area (Å²) >= 11 is 0.939. The molecular formula is C13H13N3O3S. The van der Waals surface area contributed by atoms with Gasteiger partial charge in [0.1, 0.15) is 0 Å². The maximum Gasteiger partial charge on any atom is 0.324 e. The minimum absolute atomic E-state index is 0.0394. The molecule has 1 amide bonds. The largest absolute Gasteiger partial charge is 0.348 e. The zero-order chi connectivity index (χ0) is 14.5. The van der Waals surface area contributed by atoms with Crippen LogP contribution in [-0.4, -0.2) is 10.8 Å². The Hall–Kier alpha value is -2.25. The van der Waals surface area contributed by atoms with Gasteiger partial charge < -0.3 is 11.1 Å². The molecule has 0 aliphatic carbocycles. The first-order valence-corrected chi connectivity index (χ1v) is 6.77. The van der Waals surface area contributed by atoms with Crippen molar-refractivity contribution in [1.29, 1.82) is 0 Å². The number of carbonyl (C=O) groups is 1. The van der Waals surface area contributed by atoms with E-state index >= 15 is 0 Å². The van der Waals surface area contributed by atoms with E-state index in [2.05, 4.69) is 5.32 Å². The predicted molar refractivity (Wildman–Crippen MR) is 76.5 cm³/mol. The maximum atomic E-state index is 11.8. The summed E-state index contributed by atoms with van der Waals surface area (Å²) in [5.74, 6) is -0.322. The lowest BCUT2D eigenvalue weighted by atomic mass is 10.1. The van der Waals surface area contributed by atoms with E-state index in [-0.39, 0.29) is 10.9 Å². The fourth-order valence-electron chi connectivity index (χ4n) is 1.62. The minimum atomic E-state index is -0.507. The van der Waals surface area contributed by atoms with Gasteiger partial charge in [-0.05, 0) is 11.1 Å². The Morgan fingerprint density at radius 1 is 1.30 bits per heavy atom. The van der Waals surface area contributed by atoms with Gasteiger partial charge in [0, 0.05) is 24.5 Å². The molecule has 0 spiro atoms. The van der Waals surface area contributed by atoms with Crippen LogP contribution in [0.25, 0.3) is 0 Å². The molecule has 20 heavy (non-hydrogen) atoms. The topological polar surface area (TPSA) is 98.3 Å². The number of nitrogens with two attached hydrogens (primary N) is 1. The Morgan fingerprint density at radius 3 is 2.50 bits per heavy atom. The standard InChI is InChI=1S/C13H13N3O3S/c14-6-9-1-3-10(4-2-9)7-15-13(17)11-5-12(16(18)19)20-8-11/h1-5,8H,6-7,14H2,(H,15,17). The molecule has 0 saturated carbocycles. The Labute approximate surface area is 119 Å². The average molecular weight is 291 g/mol. The van der Waals surface area contributed by atoms with Crippen LogP contribution in [0.4, 0.5) is 5.00 Å². The molecule has 104 valence electrons. The van der Waals surface area contributed by atoms with Crippen LogP contribution in [0.2, 0.25) is 0 Å². The van der Waals surface area contributed by atoms with Gasteiger partial charge in [-0.15, -0.1) is 0 Å². The molecule has 0 fully saturated rings. The smallest absolute Gasteiger partial charge is 0.324 e. The minimum Gasteiger partial charge on any atom is -0.348 e. The van der Waals surface area contributed by atoms with Crippen LogP contribution in [0.5, 0.6) is 0 Å². The fraction of sp³-hybridized carbons (Fsp3) is 0.154. The van der Waals surface area contributed by atoms with Crippen molar-refractivity contribution in [2.45, 2.75) is 13.1 Å². The summed E-state index contributed by atoms with van der Waals surface area (Å²) in [6, 6.07) is 8.85. The van der Waals surface area contributed by atoms with Gasteiger partial charge in [0.2, 0.25) is 0 Å². The van der Waals surface area contributed by atoms with Crippen LogP contribution in [0, 0.1) is 10.1 Å². The van der Waals surface area contributed by atoms with E-state index in [1.165, 1.54) is 11.4 Å². The Kier molecular flexibility index (Phi) is 4.44. The van der Waals surface area contributed by atoms with Gasteiger partial charge in [-0.2, -0.15) is 0 Å². The van der Waals surface area contributed by atoms with E-state index in [1.54, 1.807) is 0 Å². The van der Waals surface area contributed by atoms with Gasteiger partial charge in [-0.1, -0.05) is 35.6 Å². The normalized spacial score (nSPS) is 10.2. The third-order valence-corrected chi connectivity index (χ3v) is 3.62. The molecule has 0 radical (unpaired) electrons. The quantitative estimate of drug-likeness (QED) is 0.650. The zero-order valence-electron chi connectivity index (χ0n) is 10.5. The second-order valence-electron chi connectivity index (χ2n) is 4.13. The van der Waals surface area contributed by atoms with E-state index in [0.717, 1.165) is 22.5 Å². The number of nitrogens with one attached hydrogen (secondary N) is 1. The van der Waals surface area contributed by atoms with Crippen LogP contribution in [0.1, 0.15) is 21.5 Å². The highest BCUT2D eigenvalue weighted by atomic mass is 32.1. The van der Waals surface area contributed by atoms with Crippen molar-refractivity contribution in [2.75, 3.05) is 0 Å². The van der Waals surface area contributed by atoms with Gasteiger partial charge in [-0.25, -0.2) is 0 Å². The highest BCUT2D eigenvalue weighted by Crippen LogP contribution is 2.22. The van der Waals surface area contributed by atoms with Gasteiger partial charge in [0.05, 0.1) is 10.5 Å². The number of benzene rings is 1. The molecular weight excluding hydrogens is 278 g/mol. The molecule has 0 aliphatic rings. The van der Waals surface area contributed by atoms with Crippen molar-refractivity contribution in [3.63, 3.8) is 0 Å². The van der Waals surface area contributed by atoms with Gasteiger partial charge in [0.25, 0.3) is 5.91 Å². The summed E-state index contributed by atoms with van der Waals surface area (Å²) in [7, 11) is 0. The second-order valence-corrected chi connectivity index (χ2v) is 5.02. The van der Waals surface area contributed by atoms with Crippen LogP contribution < -0.4 is 11.1 Å². The first-order valence-electron chi connectivity index (χ1n) is 5.89. The number of hydrogen-bond donors (Lipinski definition) is 2. The van der Waals surface area contributed by atoms with Crippen LogP contribution in [0.15, 0.2) is 35.7 Å². The summed E-state index contributed by atoms with van der Waals surface area (Å²) in [6.07, 6.45) is 0. The van der Waals surface area contributed by atoms with Crippen LogP contribution in [-0.2, 0) is 13.1 Å². The molecule has 0 atom stereocenters. The third-order valence-electron chi connectivity index (χ3n) is 2.74. The highest BCUT2D eigenvalue weighted by molar-refractivity contribution is 7.13. The molecule has 0 saturated heterocycles. The lowest BCUT2D eigenvalue weighted by Crippen LogP contribution is -2.22. The van der Waals surface area contributed by atoms with Crippen LogP contribution >= 0.6 is 11.3 Å². The first-order chi connectivity index (χ1) is 9.60. The van der Waals surface area contributed by atoms with Gasteiger partial charge in [0.15, 0.2) is 0 Å². The molecule has 6 nitrogen and oxygen atoms in total. The van der Waals surface area contributed by atoms with Crippen molar-refractivity contribution in [3.05, 3.63) is 62.5 Å². The lowest BCUT2D eigenvalue weighted by Gasteiger charge is -2.04. The Morgan fingerprint density at radius 2 is 1.95 bits per heavy atom. The lowest BCUT2D eigenvalue weighted by molar-refractivity contribution is -0.380. The first kappa shape index (κ1) is 14.2. The van der Waals surface area contributed by atoms with E-state index in [0.29, 0.717) is 18.7 Å². The molecule has 2 rings (SSSR count). The highest BCUT2D eigenvalue weighted by Gasteiger charge is 2.14. The molecule has 0 bridgehead atoms. The molecule has 2 aromatic rings. The number of amides is 1. The number of rotatable bonds is 5. The van der Waals surface area contributed by atoms with Gasteiger partial charge in [-0.3, -0.25) is 14.9 Å². The molecule has 7 heteroatoms. The number of thiophene rings is 1. The maximum absolute atomic E-state index is 11.8. The Balaban J connectivity index is 1.95. The average Bonchev–Trinajstić information content (AvgIpc) is 2.95. The second kappa shape index (κ2) is 6.27. The number of carbonyl (C=O) groups excluding carboxylic acids is 1. The van der Waals surface area contributed by atoms with E-state index in [9.17, 15) is 14.9 Å². The van der Waals surface area contributed by atoms with E-state index < -0.39 is 4.92 Å². The molecule has 1 aromatic heterocycles. The molecule has 0 aliphatic heterocycles. The monoisotopic (exact) mass is 291 g/mol. The summed E-state index contributed by atoms with van der Waals surface area (Å²) in [5.41, 5.74) is 7.77. The molecule has 0 unspecified atom stereocenters.